The zero-order valence-corrected chi connectivity index (χ0v) is 12.0. The van der Waals surface area contributed by atoms with Gasteiger partial charge in [0.25, 0.3) is 0 Å². The second-order valence-corrected chi connectivity index (χ2v) is 5.64. The Balaban J connectivity index is 2.20. The first-order chi connectivity index (χ1) is 10.8. The van der Waals surface area contributed by atoms with E-state index in [1.807, 2.05) is 60.7 Å². The Kier molecular flexibility index (Phi) is 2.98. The molecule has 0 amide bonds. The van der Waals surface area contributed by atoms with Gasteiger partial charge in [0, 0.05) is 11.1 Å². The van der Waals surface area contributed by atoms with E-state index in [2.05, 4.69) is 0 Å². The summed E-state index contributed by atoms with van der Waals surface area (Å²) in [5.41, 5.74) is 1.55. The summed E-state index contributed by atoms with van der Waals surface area (Å²) < 4.78 is 0. The zero-order valence-electron chi connectivity index (χ0n) is 12.0. The Bertz CT molecular complexity index is 986. The van der Waals surface area contributed by atoms with Crippen molar-refractivity contribution < 1.29 is 10.2 Å². The van der Waals surface area contributed by atoms with Crippen LogP contribution in [0.15, 0.2) is 60.7 Å². The van der Waals surface area contributed by atoms with Crippen LogP contribution in [0.3, 0.4) is 0 Å². The molecule has 0 aliphatic heterocycles. The Morgan fingerprint density at radius 3 is 2.55 bits per heavy atom. The van der Waals surface area contributed by atoms with E-state index in [0.29, 0.717) is 6.42 Å². The average Bonchev–Trinajstić information content (AvgIpc) is 2.56. The Morgan fingerprint density at radius 1 is 0.864 bits per heavy atom. The van der Waals surface area contributed by atoms with Crippen LogP contribution in [0.1, 0.15) is 12.0 Å². The molecule has 0 unspecified atom stereocenters. The number of fused-ring (bicyclic) bond motifs is 2. The van der Waals surface area contributed by atoms with Gasteiger partial charge >= 0.3 is 0 Å². The van der Waals surface area contributed by atoms with Gasteiger partial charge < -0.3 is 10.2 Å². The highest BCUT2D eigenvalue weighted by atomic mass is 16.3. The maximum absolute atomic E-state index is 10.6. The van der Waals surface area contributed by atoms with Crippen LogP contribution in [0.25, 0.3) is 22.4 Å². The van der Waals surface area contributed by atoms with Gasteiger partial charge in [-0.15, -0.1) is 0 Å². The Morgan fingerprint density at radius 2 is 1.64 bits per heavy atom. The molecular weight excluding hydrogens is 272 g/mol. The largest absolute Gasteiger partial charge is 0.507 e. The van der Waals surface area contributed by atoms with Gasteiger partial charge in [0.05, 0.1) is 6.10 Å². The highest BCUT2D eigenvalue weighted by Gasteiger charge is 2.21. The van der Waals surface area contributed by atoms with Crippen molar-refractivity contribution in [3.8, 4) is 5.75 Å². The number of hydrogen-bond donors (Lipinski definition) is 2. The highest BCUT2D eigenvalue weighted by molar-refractivity contribution is 5.97. The number of hydrogen-bond acceptors (Lipinski definition) is 2. The summed E-state index contributed by atoms with van der Waals surface area (Å²) in [5, 5.41) is 25.2. The van der Waals surface area contributed by atoms with Crippen LogP contribution in [0.5, 0.6) is 5.75 Å². The van der Waals surface area contributed by atoms with Crippen molar-refractivity contribution in [3.05, 3.63) is 76.7 Å². The molecule has 0 aromatic heterocycles. The molecule has 2 heteroatoms. The third-order valence-electron chi connectivity index (χ3n) is 4.32. The molecule has 0 heterocycles. The third-order valence-corrected chi connectivity index (χ3v) is 4.32. The minimum Gasteiger partial charge on any atom is -0.507 e. The van der Waals surface area contributed by atoms with E-state index in [1.54, 1.807) is 6.07 Å². The van der Waals surface area contributed by atoms with Crippen molar-refractivity contribution in [1.29, 1.82) is 0 Å². The van der Waals surface area contributed by atoms with Gasteiger partial charge in [0.15, 0.2) is 0 Å². The molecule has 1 aliphatic rings. The molecule has 3 aromatic rings. The zero-order chi connectivity index (χ0) is 15.1. The normalized spacial score (nSPS) is 17.1. The van der Waals surface area contributed by atoms with E-state index in [4.69, 9.17) is 0 Å². The number of rotatable bonds is 1. The van der Waals surface area contributed by atoms with Crippen LogP contribution in [0.4, 0.5) is 0 Å². The smallest absolute Gasteiger partial charge is 0.123 e. The molecular formula is C20H16O2. The molecule has 0 saturated heterocycles. The lowest BCUT2D eigenvalue weighted by atomic mass is 9.88. The fourth-order valence-corrected chi connectivity index (χ4v) is 3.30. The Hall–Kier alpha value is -2.58. The quantitative estimate of drug-likeness (QED) is 0.721. The summed E-state index contributed by atoms with van der Waals surface area (Å²) >= 11 is 0. The summed E-state index contributed by atoms with van der Waals surface area (Å²) in [5.74, 6) is 0.212. The van der Waals surface area contributed by atoms with Crippen molar-refractivity contribution in [1.82, 2.24) is 0 Å². The third kappa shape index (κ3) is 1.92. The molecule has 0 bridgehead atoms. The van der Waals surface area contributed by atoms with Crippen LogP contribution in [0, 0.1) is 0 Å². The van der Waals surface area contributed by atoms with Gasteiger partial charge in [-0.3, -0.25) is 0 Å². The lowest BCUT2D eigenvalue weighted by molar-refractivity contribution is 0.238. The minimum absolute atomic E-state index is 0.212. The lowest BCUT2D eigenvalue weighted by Gasteiger charge is -2.20. The predicted octanol–water partition coefficient (Wildman–Crippen LogP) is 2.29. The lowest BCUT2D eigenvalue weighted by Crippen LogP contribution is -2.35. The number of phenolic OH excluding ortho intramolecular Hbond substituents is 1. The minimum atomic E-state index is -0.605. The SMILES string of the molecule is Oc1ccc2ccccc2c1C1=c2ccccc2=CC[C@H]1O. The van der Waals surface area contributed by atoms with Crippen LogP contribution in [0.2, 0.25) is 0 Å². The van der Waals surface area contributed by atoms with Gasteiger partial charge in [0.1, 0.15) is 5.75 Å². The molecule has 2 nitrogen and oxygen atoms in total. The van der Waals surface area contributed by atoms with E-state index in [1.165, 1.54) is 0 Å². The number of aromatic hydroxyl groups is 1. The second kappa shape index (κ2) is 5.00. The van der Waals surface area contributed by atoms with Gasteiger partial charge in [-0.1, -0.05) is 60.7 Å². The number of phenols is 1. The van der Waals surface area contributed by atoms with Gasteiger partial charge in [-0.2, -0.15) is 0 Å². The summed E-state index contributed by atoms with van der Waals surface area (Å²) in [6.07, 6.45) is 2.01. The second-order valence-electron chi connectivity index (χ2n) is 5.64. The highest BCUT2D eigenvalue weighted by Crippen LogP contribution is 2.34. The van der Waals surface area contributed by atoms with E-state index in [9.17, 15) is 10.2 Å². The Labute approximate surface area is 128 Å². The fourth-order valence-electron chi connectivity index (χ4n) is 3.30. The van der Waals surface area contributed by atoms with Crippen LogP contribution < -0.4 is 10.4 Å². The van der Waals surface area contributed by atoms with Gasteiger partial charge in [-0.25, -0.2) is 0 Å². The fraction of sp³-hybridized carbons (Fsp3) is 0.100. The first kappa shape index (κ1) is 13.1. The monoisotopic (exact) mass is 288 g/mol. The summed E-state index contributed by atoms with van der Waals surface area (Å²) in [7, 11) is 0. The maximum atomic E-state index is 10.6. The molecule has 4 rings (SSSR count). The molecule has 0 saturated carbocycles. The number of aliphatic hydroxyl groups excluding tert-OH is 1. The van der Waals surface area contributed by atoms with Crippen molar-refractivity contribution in [2.24, 2.45) is 0 Å². The molecule has 22 heavy (non-hydrogen) atoms. The van der Waals surface area contributed by atoms with Crippen molar-refractivity contribution in [2.75, 3.05) is 0 Å². The molecule has 0 fully saturated rings. The maximum Gasteiger partial charge on any atom is 0.123 e. The molecule has 1 atom stereocenters. The van der Waals surface area contributed by atoms with E-state index >= 15 is 0 Å². The van der Waals surface area contributed by atoms with Crippen molar-refractivity contribution in [2.45, 2.75) is 12.5 Å². The van der Waals surface area contributed by atoms with E-state index in [0.717, 1.165) is 32.3 Å². The average molecular weight is 288 g/mol. The number of aliphatic hydroxyl groups is 1. The summed E-state index contributed by atoms with van der Waals surface area (Å²) in [6.45, 7) is 0. The van der Waals surface area contributed by atoms with Crippen molar-refractivity contribution >= 4 is 22.4 Å². The van der Waals surface area contributed by atoms with Crippen LogP contribution in [-0.4, -0.2) is 16.3 Å². The topological polar surface area (TPSA) is 40.5 Å². The summed E-state index contributed by atoms with van der Waals surface area (Å²) in [4.78, 5) is 0. The van der Waals surface area contributed by atoms with Gasteiger partial charge in [0.2, 0.25) is 0 Å². The molecule has 3 aromatic carbocycles. The predicted molar refractivity (Wildman–Crippen MR) is 88.9 cm³/mol. The molecule has 108 valence electrons. The standard InChI is InChI=1S/C20H16O2/c21-17-11-9-13-5-1-3-7-15(13)19(17)20-16-8-4-2-6-14(16)10-12-18(20)22/h1-11,18,21-22H,12H2/t18-/m1/s1. The summed E-state index contributed by atoms with van der Waals surface area (Å²) in [6, 6.07) is 19.6. The molecule has 1 aliphatic carbocycles. The van der Waals surface area contributed by atoms with E-state index in [-0.39, 0.29) is 5.75 Å². The number of benzene rings is 3. The molecule has 0 radical (unpaired) electrons. The molecule has 0 spiro atoms. The van der Waals surface area contributed by atoms with Gasteiger partial charge in [-0.05, 0) is 33.7 Å². The van der Waals surface area contributed by atoms with E-state index < -0.39 is 6.10 Å². The van der Waals surface area contributed by atoms with Crippen molar-refractivity contribution in [3.63, 3.8) is 0 Å². The first-order valence-corrected chi connectivity index (χ1v) is 7.44. The van der Waals surface area contributed by atoms with Crippen LogP contribution >= 0.6 is 0 Å². The first-order valence-electron chi connectivity index (χ1n) is 7.44. The molecule has 2 N–H and O–H groups in total. The van der Waals surface area contributed by atoms with Crippen LogP contribution in [-0.2, 0) is 0 Å².